The van der Waals surface area contributed by atoms with E-state index in [9.17, 15) is 8.78 Å². The lowest BCUT2D eigenvalue weighted by atomic mass is 10.2. The van der Waals surface area contributed by atoms with Gasteiger partial charge >= 0.3 is 0 Å². The molecule has 2 aromatic carbocycles. The third-order valence-electron chi connectivity index (χ3n) is 3.94. The van der Waals surface area contributed by atoms with Crippen LogP contribution < -0.4 is 10.6 Å². The summed E-state index contributed by atoms with van der Waals surface area (Å²) in [5.41, 5.74) is 2.06. The van der Waals surface area contributed by atoms with Gasteiger partial charge in [0.05, 0.1) is 5.69 Å². The van der Waals surface area contributed by atoms with Gasteiger partial charge in [0.2, 0.25) is 5.89 Å². The molecule has 0 aliphatic heterocycles. The fraction of sp³-hybridized carbons (Fsp3) is 0.200. The van der Waals surface area contributed by atoms with Gasteiger partial charge in [-0.3, -0.25) is 4.99 Å². The molecule has 1 aromatic heterocycles. The molecule has 0 bridgehead atoms. The maximum absolute atomic E-state index is 13.6. The van der Waals surface area contributed by atoms with Gasteiger partial charge in [-0.05, 0) is 30.3 Å². The Hall–Kier alpha value is -3.22. The van der Waals surface area contributed by atoms with Gasteiger partial charge in [-0.2, -0.15) is 0 Å². The third-order valence-corrected chi connectivity index (χ3v) is 3.94. The Morgan fingerprint density at radius 3 is 2.59 bits per heavy atom. The van der Waals surface area contributed by atoms with E-state index in [0.29, 0.717) is 36.9 Å². The van der Waals surface area contributed by atoms with E-state index in [1.807, 2.05) is 0 Å². The molecule has 0 amide bonds. The van der Waals surface area contributed by atoms with Crippen molar-refractivity contribution in [2.24, 2.45) is 4.99 Å². The number of nitrogens with one attached hydrogen (secondary N) is 2. The van der Waals surface area contributed by atoms with Crippen molar-refractivity contribution in [3.05, 3.63) is 77.7 Å². The second-order valence-corrected chi connectivity index (χ2v) is 5.84. The minimum Gasteiger partial charge on any atom is -0.444 e. The Bertz CT molecular complexity index is 906. The predicted octanol–water partition coefficient (Wildman–Crippen LogP) is 3.53. The molecule has 0 saturated carbocycles. The summed E-state index contributed by atoms with van der Waals surface area (Å²) in [6.07, 6.45) is 2.20. The van der Waals surface area contributed by atoms with Gasteiger partial charge in [0.25, 0.3) is 0 Å². The molecule has 7 heteroatoms. The Morgan fingerprint density at radius 2 is 1.85 bits per heavy atom. The van der Waals surface area contributed by atoms with Gasteiger partial charge < -0.3 is 15.1 Å². The summed E-state index contributed by atoms with van der Waals surface area (Å²) >= 11 is 0. The first-order valence-corrected chi connectivity index (χ1v) is 8.54. The molecule has 3 rings (SSSR count). The van der Waals surface area contributed by atoms with E-state index in [1.165, 1.54) is 18.2 Å². The highest BCUT2D eigenvalue weighted by atomic mass is 19.1. The molecule has 0 aliphatic rings. The molecular formula is C20H20F2N4O. The van der Waals surface area contributed by atoms with Crippen LogP contribution in [0.5, 0.6) is 0 Å². The second kappa shape index (κ2) is 8.93. The minimum absolute atomic E-state index is 0.253. The molecule has 2 N–H and O–H groups in total. The number of benzene rings is 2. The van der Waals surface area contributed by atoms with Crippen LogP contribution in [0.3, 0.4) is 0 Å². The Kier molecular flexibility index (Phi) is 6.14. The highest BCUT2D eigenvalue weighted by molar-refractivity contribution is 5.79. The summed E-state index contributed by atoms with van der Waals surface area (Å²) in [6, 6.07) is 12.6. The number of aliphatic imine (C=N–C) groups is 1. The fourth-order valence-electron chi connectivity index (χ4n) is 2.50. The van der Waals surface area contributed by atoms with Crippen molar-refractivity contribution in [2.45, 2.75) is 13.0 Å². The molecule has 0 unspecified atom stereocenters. The van der Waals surface area contributed by atoms with Crippen LogP contribution >= 0.6 is 0 Å². The molecule has 0 spiro atoms. The lowest BCUT2D eigenvalue weighted by Gasteiger charge is -2.11. The lowest BCUT2D eigenvalue weighted by Crippen LogP contribution is -2.38. The van der Waals surface area contributed by atoms with Crippen molar-refractivity contribution in [1.82, 2.24) is 15.6 Å². The van der Waals surface area contributed by atoms with Crippen molar-refractivity contribution >= 4 is 5.96 Å². The SMILES string of the molecule is CN=C(NCCc1coc(-c2ccc(F)cc2)n1)NCc1ccccc1F. The number of aromatic nitrogens is 1. The average molecular weight is 370 g/mol. The summed E-state index contributed by atoms with van der Waals surface area (Å²) in [5, 5.41) is 6.22. The van der Waals surface area contributed by atoms with E-state index in [0.717, 1.165) is 11.3 Å². The van der Waals surface area contributed by atoms with Crippen LogP contribution in [0.25, 0.3) is 11.5 Å². The fourth-order valence-corrected chi connectivity index (χ4v) is 2.50. The topological polar surface area (TPSA) is 62.5 Å². The second-order valence-electron chi connectivity index (χ2n) is 5.84. The molecule has 140 valence electrons. The number of halogens is 2. The van der Waals surface area contributed by atoms with E-state index in [4.69, 9.17) is 4.42 Å². The molecule has 0 atom stereocenters. The molecule has 5 nitrogen and oxygen atoms in total. The molecule has 0 fully saturated rings. The standard InChI is InChI=1S/C20H20F2N4O/c1-23-20(25-12-15-4-2-3-5-18(15)22)24-11-10-17-13-27-19(26-17)14-6-8-16(21)9-7-14/h2-9,13H,10-12H2,1H3,(H2,23,24,25). The van der Waals surface area contributed by atoms with Crippen LogP contribution in [-0.4, -0.2) is 24.5 Å². The van der Waals surface area contributed by atoms with E-state index in [2.05, 4.69) is 20.6 Å². The zero-order valence-electron chi connectivity index (χ0n) is 14.9. The third kappa shape index (κ3) is 5.13. The van der Waals surface area contributed by atoms with E-state index >= 15 is 0 Å². The molecular weight excluding hydrogens is 350 g/mol. The number of rotatable bonds is 6. The minimum atomic E-state index is -0.302. The van der Waals surface area contributed by atoms with Crippen LogP contribution in [0, 0.1) is 11.6 Å². The zero-order valence-corrected chi connectivity index (χ0v) is 14.9. The van der Waals surface area contributed by atoms with Gasteiger partial charge in [0, 0.05) is 37.7 Å². The molecule has 27 heavy (non-hydrogen) atoms. The van der Waals surface area contributed by atoms with Crippen molar-refractivity contribution in [1.29, 1.82) is 0 Å². The van der Waals surface area contributed by atoms with Crippen LogP contribution in [0.15, 0.2) is 64.2 Å². The van der Waals surface area contributed by atoms with Crippen molar-refractivity contribution in [3.63, 3.8) is 0 Å². The normalized spacial score (nSPS) is 11.4. The largest absolute Gasteiger partial charge is 0.444 e. The monoisotopic (exact) mass is 370 g/mol. The Labute approximate surface area is 156 Å². The molecule has 0 saturated heterocycles. The number of guanidine groups is 1. The van der Waals surface area contributed by atoms with Crippen LogP contribution in [-0.2, 0) is 13.0 Å². The number of hydrogen-bond donors (Lipinski definition) is 2. The number of nitrogens with zero attached hydrogens (tertiary/aromatic N) is 2. The number of oxazole rings is 1. The first kappa shape index (κ1) is 18.6. The first-order chi connectivity index (χ1) is 13.2. The summed E-state index contributed by atoms with van der Waals surface area (Å²) in [7, 11) is 1.65. The average Bonchev–Trinajstić information content (AvgIpc) is 3.15. The Balaban J connectivity index is 1.48. The summed E-state index contributed by atoms with van der Waals surface area (Å²) in [4.78, 5) is 8.52. The van der Waals surface area contributed by atoms with E-state index < -0.39 is 0 Å². The quantitative estimate of drug-likeness (QED) is 0.515. The maximum Gasteiger partial charge on any atom is 0.226 e. The van der Waals surface area contributed by atoms with Gasteiger partial charge in [-0.25, -0.2) is 13.8 Å². The van der Waals surface area contributed by atoms with Crippen molar-refractivity contribution < 1.29 is 13.2 Å². The van der Waals surface area contributed by atoms with Crippen LogP contribution in [0.2, 0.25) is 0 Å². The van der Waals surface area contributed by atoms with Crippen molar-refractivity contribution in [3.8, 4) is 11.5 Å². The highest BCUT2D eigenvalue weighted by Crippen LogP contribution is 2.18. The maximum atomic E-state index is 13.6. The lowest BCUT2D eigenvalue weighted by molar-refractivity contribution is 0.571. The molecule has 1 heterocycles. The first-order valence-electron chi connectivity index (χ1n) is 8.54. The Morgan fingerprint density at radius 1 is 1.07 bits per heavy atom. The molecule has 3 aromatic rings. The van der Waals surface area contributed by atoms with Gasteiger partial charge in [0.15, 0.2) is 5.96 Å². The van der Waals surface area contributed by atoms with Gasteiger partial charge in [-0.15, -0.1) is 0 Å². The van der Waals surface area contributed by atoms with E-state index in [-0.39, 0.29) is 11.6 Å². The smallest absolute Gasteiger partial charge is 0.226 e. The zero-order chi connectivity index (χ0) is 19.1. The summed E-state index contributed by atoms with van der Waals surface area (Å²) < 4.78 is 32.1. The predicted molar refractivity (Wildman–Crippen MR) is 100 cm³/mol. The summed E-state index contributed by atoms with van der Waals surface area (Å²) in [6.45, 7) is 0.914. The van der Waals surface area contributed by atoms with Crippen LogP contribution in [0.4, 0.5) is 8.78 Å². The highest BCUT2D eigenvalue weighted by Gasteiger charge is 2.07. The van der Waals surface area contributed by atoms with Gasteiger partial charge in [-0.1, -0.05) is 18.2 Å². The summed E-state index contributed by atoms with van der Waals surface area (Å²) in [5.74, 6) is 0.466. The van der Waals surface area contributed by atoms with Crippen LogP contribution in [0.1, 0.15) is 11.3 Å². The molecule has 0 aliphatic carbocycles. The number of hydrogen-bond acceptors (Lipinski definition) is 3. The van der Waals surface area contributed by atoms with Gasteiger partial charge in [0.1, 0.15) is 17.9 Å². The molecule has 0 radical (unpaired) electrons. The van der Waals surface area contributed by atoms with E-state index in [1.54, 1.807) is 43.6 Å². The van der Waals surface area contributed by atoms with Crippen molar-refractivity contribution in [2.75, 3.05) is 13.6 Å².